The lowest BCUT2D eigenvalue weighted by atomic mass is 9.71. The van der Waals surface area contributed by atoms with Crippen LogP contribution in [-0.4, -0.2) is 10.3 Å². The Bertz CT molecular complexity index is 832. The van der Waals surface area contributed by atoms with E-state index in [4.69, 9.17) is 4.99 Å². The molecule has 0 amide bonds. The number of aliphatic imine (C=N–C) groups is 1. The van der Waals surface area contributed by atoms with Gasteiger partial charge in [0.05, 0.1) is 10.7 Å². The van der Waals surface area contributed by atoms with Crippen LogP contribution in [-0.2, 0) is 0 Å². The highest BCUT2D eigenvalue weighted by molar-refractivity contribution is 8.15. The van der Waals surface area contributed by atoms with Crippen LogP contribution in [0.1, 0.15) is 44.9 Å². The van der Waals surface area contributed by atoms with Crippen molar-refractivity contribution in [2.24, 2.45) is 16.8 Å². The second kappa shape index (κ2) is 10.5. The van der Waals surface area contributed by atoms with Gasteiger partial charge in [-0.25, -0.2) is 9.38 Å². The van der Waals surface area contributed by atoms with Gasteiger partial charge in [-0.15, -0.1) is 11.8 Å². The van der Waals surface area contributed by atoms with Crippen molar-refractivity contribution in [3.05, 3.63) is 71.9 Å². The summed E-state index contributed by atoms with van der Waals surface area (Å²) in [5.74, 6) is 1.70. The first-order valence-electron chi connectivity index (χ1n) is 10.7. The van der Waals surface area contributed by atoms with Crippen molar-refractivity contribution in [3.8, 4) is 0 Å². The summed E-state index contributed by atoms with van der Waals surface area (Å²) in [4.78, 5) is 5.96. The fourth-order valence-corrected chi connectivity index (χ4v) is 6.50. The first-order valence-corrected chi connectivity index (χ1v) is 12.4. The molecule has 3 atom stereocenters. The summed E-state index contributed by atoms with van der Waals surface area (Å²) in [6, 6.07) is 16.8. The third-order valence-corrected chi connectivity index (χ3v) is 8.05. The van der Waals surface area contributed by atoms with E-state index in [2.05, 4.69) is 23.6 Å². The Kier molecular flexibility index (Phi) is 7.50. The van der Waals surface area contributed by atoms with Crippen molar-refractivity contribution in [2.45, 2.75) is 55.1 Å². The van der Waals surface area contributed by atoms with Crippen LogP contribution in [0.4, 0.5) is 10.1 Å². The highest BCUT2D eigenvalue weighted by atomic mass is 32.2. The monoisotopic (exact) mass is 425 g/mol. The molecule has 1 nitrogen and oxygen atoms in total. The van der Waals surface area contributed by atoms with E-state index in [-0.39, 0.29) is 5.82 Å². The largest absolute Gasteiger partial charge is 0.242 e. The lowest BCUT2D eigenvalue weighted by Crippen LogP contribution is -2.29. The molecule has 0 radical (unpaired) electrons. The van der Waals surface area contributed by atoms with E-state index in [0.29, 0.717) is 5.25 Å². The second-order valence-corrected chi connectivity index (χ2v) is 10.3. The summed E-state index contributed by atoms with van der Waals surface area (Å²) in [7, 11) is 0. The van der Waals surface area contributed by atoms with Crippen molar-refractivity contribution in [1.82, 2.24) is 0 Å². The summed E-state index contributed by atoms with van der Waals surface area (Å²) < 4.78 is 13.1. The number of thioether (sulfide) groups is 2. The molecule has 0 heterocycles. The maximum Gasteiger partial charge on any atom is 0.123 e. The Morgan fingerprint density at radius 2 is 1.66 bits per heavy atom. The molecule has 3 unspecified atom stereocenters. The van der Waals surface area contributed by atoms with Crippen molar-refractivity contribution >= 4 is 34.3 Å². The Hall–Kier alpha value is -1.52. The Balaban J connectivity index is 1.44. The number of benzene rings is 2. The number of hydrogen-bond acceptors (Lipinski definition) is 3. The molecule has 0 N–H and O–H groups in total. The number of rotatable bonds is 5. The molecular formula is C25H28FNS2. The average molecular weight is 426 g/mol. The maximum atomic E-state index is 13.1. The van der Waals surface area contributed by atoms with Crippen molar-refractivity contribution in [3.63, 3.8) is 0 Å². The first kappa shape index (κ1) is 20.7. The Morgan fingerprint density at radius 3 is 2.45 bits per heavy atom. The summed E-state index contributed by atoms with van der Waals surface area (Å²) in [6.07, 6.45) is 11.9. The fraction of sp³-hybridized carbons (Fsp3) is 0.400. The van der Waals surface area contributed by atoms with Gasteiger partial charge in [0.25, 0.3) is 0 Å². The van der Waals surface area contributed by atoms with Gasteiger partial charge in [0.1, 0.15) is 5.82 Å². The number of nitrogens with zero attached hydrogens (tertiary/aromatic N) is 1. The van der Waals surface area contributed by atoms with E-state index < -0.39 is 0 Å². The maximum absolute atomic E-state index is 13.1. The van der Waals surface area contributed by atoms with Crippen LogP contribution in [0.25, 0.3) is 0 Å². The predicted molar refractivity (Wildman–Crippen MR) is 126 cm³/mol. The van der Waals surface area contributed by atoms with E-state index in [1.807, 2.05) is 42.1 Å². The molecule has 2 aliphatic carbocycles. The van der Waals surface area contributed by atoms with E-state index >= 15 is 0 Å². The van der Waals surface area contributed by atoms with Gasteiger partial charge in [-0.3, -0.25) is 0 Å². The molecule has 0 aromatic heterocycles. The molecule has 0 spiro atoms. The van der Waals surface area contributed by atoms with Crippen LogP contribution in [0.15, 0.2) is 76.0 Å². The zero-order valence-corrected chi connectivity index (χ0v) is 18.3. The van der Waals surface area contributed by atoms with E-state index in [9.17, 15) is 4.39 Å². The average Bonchev–Trinajstić information content (AvgIpc) is 2.76. The number of halogens is 1. The molecule has 29 heavy (non-hydrogen) atoms. The van der Waals surface area contributed by atoms with Crippen LogP contribution in [0.2, 0.25) is 0 Å². The molecule has 0 aliphatic heterocycles. The minimum atomic E-state index is -0.196. The van der Waals surface area contributed by atoms with Crippen molar-refractivity contribution in [2.75, 3.05) is 0 Å². The minimum absolute atomic E-state index is 0.196. The van der Waals surface area contributed by atoms with Gasteiger partial charge in [0.15, 0.2) is 0 Å². The van der Waals surface area contributed by atoms with Gasteiger partial charge in [0, 0.05) is 10.1 Å². The molecular weight excluding hydrogens is 397 g/mol. The topological polar surface area (TPSA) is 12.4 Å². The third kappa shape index (κ3) is 6.23. The number of hydrogen-bond donors (Lipinski definition) is 0. The molecule has 2 aromatic carbocycles. The molecule has 2 aromatic rings. The molecule has 0 saturated heterocycles. The van der Waals surface area contributed by atoms with E-state index in [0.717, 1.165) is 27.5 Å². The first-order chi connectivity index (χ1) is 14.3. The van der Waals surface area contributed by atoms with E-state index in [1.165, 1.54) is 57.1 Å². The van der Waals surface area contributed by atoms with Gasteiger partial charge in [-0.05, 0) is 79.0 Å². The zero-order valence-electron chi connectivity index (χ0n) is 16.7. The van der Waals surface area contributed by atoms with Crippen LogP contribution in [0.5, 0.6) is 0 Å². The quantitative estimate of drug-likeness (QED) is 0.271. The van der Waals surface area contributed by atoms with Crippen molar-refractivity contribution < 1.29 is 4.39 Å². The summed E-state index contributed by atoms with van der Waals surface area (Å²) in [6.45, 7) is 0. The van der Waals surface area contributed by atoms with Crippen LogP contribution in [0, 0.1) is 17.7 Å². The van der Waals surface area contributed by atoms with Crippen LogP contribution in [0.3, 0.4) is 0 Å². The van der Waals surface area contributed by atoms with Gasteiger partial charge >= 0.3 is 0 Å². The normalized spacial score (nSPS) is 25.1. The molecule has 4 rings (SSSR count). The standard InChI is InChI=1S/C25H28FNS2/c26-21-11-14-23(15-12-21)28-17-16-25(27-22-8-2-1-3-9-22)29-24-13-10-19-6-4-5-7-20(19)18-24/h1-3,8-9,11-12,14-17,19-20,24H,4-7,10,13,18H2/b17-16+,27-25?. The summed E-state index contributed by atoms with van der Waals surface area (Å²) in [5.41, 5.74) is 0.998. The lowest BCUT2D eigenvalue weighted by molar-refractivity contribution is 0.175. The SMILES string of the molecule is Fc1ccc(S/C=C/C(=Nc2ccccc2)SC2CCC3CCCCC3C2)cc1. The third-order valence-electron chi connectivity index (χ3n) is 6.00. The smallest absolute Gasteiger partial charge is 0.123 e. The summed E-state index contributed by atoms with van der Waals surface area (Å²) >= 11 is 3.55. The van der Waals surface area contributed by atoms with Gasteiger partial charge in [-0.2, -0.15) is 0 Å². The zero-order chi connectivity index (χ0) is 19.9. The van der Waals surface area contributed by atoms with E-state index in [1.54, 1.807) is 11.8 Å². The highest BCUT2D eigenvalue weighted by Gasteiger charge is 2.32. The van der Waals surface area contributed by atoms with Crippen molar-refractivity contribution in [1.29, 1.82) is 0 Å². The lowest BCUT2D eigenvalue weighted by Gasteiger charge is -2.39. The molecule has 4 heteroatoms. The van der Waals surface area contributed by atoms with Gasteiger partial charge in [-0.1, -0.05) is 55.6 Å². The second-order valence-electron chi connectivity index (χ2n) is 8.02. The molecule has 2 aliphatic rings. The Labute approximate surface area is 182 Å². The van der Waals surface area contributed by atoms with Crippen LogP contribution < -0.4 is 0 Å². The number of para-hydroxylation sites is 1. The predicted octanol–water partition coefficient (Wildman–Crippen LogP) is 8.25. The molecule has 2 saturated carbocycles. The summed E-state index contributed by atoms with van der Waals surface area (Å²) in [5, 5.41) is 3.82. The fourth-order valence-electron chi connectivity index (χ4n) is 4.52. The molecule has 2 fully saturated rings. The molecule has 152 valence electrons. The van der Waals surface area contributed by atoms with Gasteiger partial charge < -0.3 is 0 Å². The molecule has 0 bridgehead atoms. The minimum Gasteiger partial charge on any atom is -0.242 e. The number of fused-ring (bicyclic) bond motifs is 1. The highest BCUT2D eigenvalue weighted by Crippen LogP contribution is 2.44. The van der Waals surface area contributed by atoms with Crippen LogP contribution >= 0.6 is 23.5 Å². The Morgan fingerprint density at radius 1 is 0.897 bits per heavy atom. The van der Waals surface area contributed by atoms with Gasteiger partial charge in [0.2, 0.25) is 0 Å².